The zero-order chi connectivity index (χ0) is 18.2. The van der Waals surface area contributed by atoms with Crippen LogP contribution in [0.2, 0.25) is 0 Å². The average Bonchev–Trinajstić information content (AvgIpc) is 2.59. The van der Waals surface area contributed by atoms with Crippen LogP contribution in [-0.4, -0.2) is 42.1 Å². The van der Waals surface area contributed by atoms with Crippen molar-refractivity contribution < 1.29 is 14.3 Å². The minimum Gasteiger partial charge on any atom is -0.493 e. The zero-order valence-electron chi connectivity index (χ0n) is 14.6. The van der Waals surface area contributed by atoms with E-state index in [0.29, 0.717) is 16.7 Å². The van der Waals surface area contributed by atoms with Crippen LogP contribution in [0.15, 0.2) is 34.5 Å². The number of aryl methyl sites for hydroxylation is 2. The first-order valence-electron chi connectivity index (χ1n) is 7.51. The molecule has 0 radical (unpaired) electrons. The van der Waals surface area contributed by atoms with Crippen molar-refractivity contribution in [2.75, 3.05) is 20.0 Å². The first-order valence-corrected chi connectivity index (χ1v) is 8.49. The molecule has 0 aliphatic carbocycles. The lowest BCUT2D eigenvalue weighted by Crippen LogP contribution is -2.19. The molecule has 0 aliphatic heterocycles. The molecule has 25 heavy (non-hydrogen) atoms. The fraction of sp³-hybridized carbons (Fsp3) is 0.294. The average molecular weight is 360 g/mol. The van der Waals surface area contributed by atoms with Gasteiger partial charge in [-0.05, 0) is 43.7 Å². The van der Waals surface area contributed by atoms with Gasteiger partial charge < -0.3 is 9.47 Å². The highest BCUT2D eigenvalue weighted by molar-refractivity contribution is 7.99. The highest BCUT2D eigenvalue weighted by atomic mass is 32.2. The molecule has 132 valence electrons. The summed E-state index contributed by atoms with van der Waals surface area (Å²) in [5.41, 5.74) is 5.01. The van der Waals surface area contributed by atoms with Crippen LogP contribution in [0.25, 0.3) is 0 Å². The van der Waals surface area contributed by atoms with Gasteiger partial charge in [0.05, 0.1) is 26.2 Å². The Morgan fingerprint density at radius 1 is 1.16 bits per heavy atom. The molecule has 8 heteroatoms. The number of hydrazone groups is 1. The van der Waals surface area contributed by atoms with Crippen LogP contribution in [0.5, 0.6) is 11.5 Å². The van der Waals surface area contributed by atoms with Gasteiger partial charge in [0.2, 0.25) is 0 Å². The summed E-state index contributed by atoms with van der Waals surface area (Å²) in [5.74, 6) is 1.19. The maximum atomic E-state index is 11.9. The minimum absolute atomic E-state index is 0.187. The third-order valence-corrected chi connectivity index (χ3v) is 3.95. The largest absolute Gasteiger partial charge is 0.493 e. The van der Waals surface area contributed by atoms with Crippen LogP contribution in [0.3, 0.4) is 0 Å². The van der Waals surface area contributed by atoms with Gasteiger partial charge in [-0.1, -0.05) is 11.8 Å². The molecule has 7 nitrogen and oxygen atoms in total. The number of thioether (sulfide) groups is 1. The van der Waals surface area contributed by atoms with Crippen LogP contribution < -0.4 is 14.9 Å². The molecule has 0 unspecified atom stereocenters. The number of ether oxygens (including phenoxy) is 2. The molecule has 0 spiro atoms. The van der Waals surface area contributed by atoms with Crippen molar-refractivity contribution in [2.45, 2.75) is 19.0 Å². The van der Waals surface area contributed by atoms with Gasteiger partial charge in [-0.2, -0.15) is 5.10 Å². The van der Waals surface area contributed by atoms with Gasteiger partial charge >= 0.3 is 0 Å². The van der Waals surface area contributed by atoms with Crippen LogP contribution >= 0.6 is 11.8 Å². The second-order valence-electron chi connectivity index (χ2n) is 5.13. The van der Waals surface area contributed by atoms with E-state index in [1.807, 2.05) is 26.0 Å². The lowest BCUT2D eigenvalue weighted by molar-refractivity contribution is -0.118. The lowest BCUT2D eigenvalue weighted by atomic mass is 10.2. The predicted molar refractivity (Wildman–Crippen MR) is 97.5 cm³/mol. The molecule has 1 N–H and O–H groups in total. The Hall–Kier alpha value is -2.61. The number of amides is 1. The monoisotopic (exact) mass is 360 g/mol. The molecule has 0 saturated heterocycles. The van der Waals surface area contributed by atoms with Crippen LogP contribution in [0.1, 0.15) is 17.0 Å². The second kappa shape index (κ2) is 9.03. The van der Waals surface area contributed by atoms with Crippen molar-refractivity contribution in [3.05, 3.63) is 41.2 Å². The van der Waals surface area contributed by atoms with Crippen molar-refractivity contribution in [1.29, 1.82) is 0 Å². The quantitative estimate of drug-likeness (QED) is 0.353. The molecule has 1 amide bonds. The zero-order valence-corrected chi connectivity index (χ0v) is 15.4. The normalized spacial score (nSPS) is 10.7. The van der Waals surface area contributed by atoms with Gasteiger partial charge in [0, 0.05) is 11.4 Å². The van der Waals surface area contributed by atoms with Gasteiger partial charge in [-0.15, -0.1) is 0 Å². The van der Waals surface area contributed by atoms with E-state index in [1.54, 1.807) is 26.4 Å². The number of benzene rings is 1. The molecule has 0 atom stereocenters. The summed E-state index contributed by atoms with van der Waals surface area (Å²) in [4.78, 5) is 20.4. The number of carbonyl (C=O) groups is 1. The molecule has 0 fully saturated rings. The molecule has 0 aliphatic rings. The van der Waals surface area contributed by atoms with E-state index in [9.17, 15) is 4.79 Å². The maximum absolute atomic E-state index is 11.9. The Kier molecular flexibility index (Phi) is 6.76. The van der Waals surface area contributed by atoms with Crippen molar-refractivity contribution in [1.82, 2.24) is 15.4 Å². The second-order valence-corrected chi connectivity index (χ2v) is 6.07. The van der Waals surface area contributed by atoms with Gasteiger partial charge in [0.15, 0.2) is 16.7 Å². The lowest BCUT2D eigenvalue weighted by Gasteiger charge is -2.07. The van der Waals surface area contributed by atoms with E-state index in [0.717, 1.165) is 17.0 Å². The van der Waals surface area contributed by atoms with E-state index >= 15 is 0 Å². The summed E-state index contributed by atoms with van der Waals surface area (Å²) in [5, 5.41) is 4.52. The first kappa shape index (κ1) is 18.7. The van der Waals surface area contributed by atoms with E-state index in [1.165, 1.54) is 18.0 Å². The van der Waals surface area contributed by atoms with Crippen LogP contribution in [-0.2, 0) is 4.79 Å². The molecule has 1 aromatic carbocycles. The SMILES string of the molecule is COc1ccc(/C=N/NC(=O)CSc2nc(C)cc(C)n2)cc1OC. The maximum Gasteiger partial charge on any atom is 0.250 e. The summed E-state index contributed by atoms with van der Waals surface area (Å²) in [7, 11) is 3.13. The minimum atomic E-state index is -0.232. The van der Waals surface area contributed by atoms with Crippen LogP contribution in [0.4, 0.5) is 0 Å². The molecule has 0 saturated carbocycles. The number of hydrogen-bond donors (Lipinski definition) is 1. The number of methoxy groups -OCH3 is 2. The van der Waals surface area contributed by atoms with Gasteiger partial charge in [-0.25, -0.2) is 15.4 Å². The van der Waals surface area contributed by atoms with Crippen molar-refractivity contribution in [3.8, 4) is 11.5 Å². The molecule has 2 rings (SSSR count). The summed E-state index contributed by atoms with van der Waals surface area (Å²) in [6.07, 6.45) is 1.54. The van der Waals surface area contributed by atoms with Crippen molar-refractivity contribution in [3.63, 3.8) is 0 Å². The number of nitrogens with one attached hydrogen (secondary N) is 1. The molecular weight excluding hydrogens is 340 g/mol. The fourth-order valence-electron chi connectivity index (χ4n) is 2.03. The number of rotatable bonds is 7. The van der Waals surface area contributed by atoms with E-state index in [2.05, 4.69) is 20.5 Å². The number of nitrogens with zero attached hydrogens (tertiary/aromatic N) is 3. The number of carbonyl (C=O) groups excluding carboxylic acids is 1. The summed E-state index contributed by atoms with van der Waals surface area (Å²) in [6.45, 7) is 3.79. The molecule has 2 aromatic rings. The Morgan fingerprint density at radius 3 is 2.48 bits per heavy atom. The highest BCUT2D eigenvalue weighted by Crippen LogP contribution is 2.26. The van der Waals surface area contributed by atoms with Gasteiger partial charge in [0.25, 0.3) is 5.91 Å². The van der Waals surface area contributed by atoms with Gasteiger partial charge in [0.1, 0.15) is 0 Å². The molecule has 0 bridgehead atoms. The van der Waals surface area contributed by atoms with Crippen molar-refractivity contribution >= 4 is 23.9 Å². The highest BCUT2D eigenvalue weighted by Gasteiger charge is 2.06. The standard InChI is InChI=1S/C17H20N4O3S/c1-11-7-12(2)20-17(19-11)25-10-16(22)21-18-9-13-5-6-14(23-3)15(8-13)24-4/h5-9H,10H2,1-4H3,(H,21,22)/b18-9+. The molecule has 1 aromatic heterocycles. The topological polar surface area (TPSA) is 85.7 Å². The van der Waals surface area contributed by atoms with Crippen LogP contribution in [0, 0.1) is 13.8 Å². The molecule has 1 heterocycles. The Labute approximate surface area is 150 Å². The third-order valence-electron chi connectivity index (χ3n) is 3.10. The van der Waals surface area contributed by atoms with Gasteiger partial charge in [-0.3, -0.25) is 4.79 Å². The Morgan fingerprint density at radius 2 is 1.84 bits per heavy atom. The Balaban J connectivity index is 1.88. The Bertz CT molecular complexity index is 760. The first-order chi connectivity index (χ1) is 12.0. The van der Waals surface area contributed by atoms with Crippen molar-refractivity contribution in [2.24, 2.45) is 5.10 Å². The third kappa shape index (κ3) is 5.75. The fourth-order valence-corrected chi connectivity index (χ4v) is 2.77. The summed E-state index contributed by atoms with van der Waals surface area (Å²) in [6, 6.07) is 7.24. The predicted octanol–water partition coefficient (Wildman–Crippen LogP) is 2.35. The number of aromatic nitrogens is 2. The summed E-state index contributed by atoms with van der Waals surface area (Å²) < 4.78 is 10.4. The van der Waals surface area contributed by atoms with E-state index in [-0.39, 0.29) is 11.7 Å². The van der Waals surface area contributed by atoms with E-state index < -0.39 is 0 Å². The smallest absolute Gasteiger partial charge is 0.250 e. The summed E-state index contributed by atoms with van der Waals surface area (Å²) >= 11 is 1.27. The number of hydrogen-bond acceptors (Lipinski definition) is 7. The van der Waals surface area contributed by atoms with E-state index in [4.69, 9.17) is 9.47 Å². The molecular formula is C17H20N4O3S.